The van der Waals surface area contributed by atoms with Gasteiger partial charge in [-0.1, -0.05) is 11.6 Å². The summed E-state index contributed by atoms with van der Waals surface area (Å²) in [5, 5.41) is 0.823. The standard InChI is InChI=1S/C12H17ClN2/c1-9-3-2-6-15(9)8-10-7-11(14)4-5-12(10)13/h4-5,7,9H,2-3,6,8,14H2,1H3. The average Bonchev–Trinajstić information content (AvgIpc) is 2.58. The predicted octanol–water partition coefficient (Wildman–Crippen LogP) is 2.91. The molecule has 15 heavy (non-hydrogen) atoms. The van der Waals surface area contributed by atoms with Crippen LogP contribution >= 0.6 is 11.6 Å². The first-order valence-electron chi connectivity index (χ1n) is 5.45. The van der Waals surface area contributed by atoms with Crippen LogP contribution < -0.4 is 5.73 Å². The van der Waals surface area contributed by atoms with Gasteiger partial charge in [0.1, 0.15) is 0 Å². The maximum absolute atomic E-state index is 6.14. The monoisotopic (exact) mass is 224 g/mol. The smallest absolute Gasteiger partial charge is 0.0452 e. The van der Waals surface area contributed by atoms with Gasteiger partial charge in [-0.05, 0) is 50.1 Å². The first-order valence-corrected chi connectivity index (χ1v) is 5.82. The lowest BCUT2D eigenvalue weighted by atomic mass is 10.1. The molecule has 2 nitrogen and oxygen atoms in total. The number of likely N-dealkylation sites (tertiary alicyclic amines) is 1. The molecule has 1 aliphatic heterocycles. The Bertz CT molecular complexity index is 351. The fourth-order valence-corrected chi connectivity index (χ4v) is 2.34. The van der Waals surface area contributed by atoms with Crippen molar-refractivity contribution in [2.75, 3.05) is 12.3 Å². The summed E-state index contributed by atoms with van der Waals surface area (Å²) >= 11 is 6.14. The first kappa shape index (κ1) is 10.8. The van der Waals surface area contributed by atoms with Crippen molar-refractivity contribution in [3.05, 3.63) is 28.8 Å². The minimum absolute atomic E-state index is 0.669. The van der Waals surface area contributed by atoms with E-state index >= 15 is 0 Å². The van der Waals surface area contributed by atoms with Crippen molar-refractivity contribution in [3.63, 3.8) is 0 Å². The molecule has 1 aromatic carbocycles. The van der Waals surface area contributed by atoms with Gasteiger partial charge in [-0.2, -0.15) is 0 Å². The molecule has 0 aliphatic carbocycles. The van der Waals surface area contributed by atoms with Crippen molar-refractivity contribution < 1.29 is 0 Å². The van der Waals surface area contributed by atoms with Gasteiger partial charge >= 0.3 is 0 Å². The molecule has 0 spiro atoms. The molecule has 2 rings (SSSR count). The van der Waals surface area contributed by atoms with E-state index in [-0.39, 0.29) is 0 Å². The fraction of sp³-hybridized carbons (Fsp3) is 0.500. The normalized spacial score (nSPS) is 22.1. The van der Waals surface area contributed by atoms with Crippen LogP contribution in [0.1, 0.15) is 25.3 Å². The van der Waals surface area contributed by atoms with Crippen molar-refractivity contribution in [3.8, 4) is 0 Å². The summed E-state index contributed by atoms with van der Waals surface area (Å²) in [6, 6.07) is 6.38. The second-order valence-corrected chi connectivity index (χ2v) is 4.72. The highest BCUT2D eigenvalue weighted by Crippen LogP contribution is 2.24. The zero-order chi connectivity index (χ0) is 10.8. The van der Waals surface area contributed by atoms with Gasteiger partial charge in [0.05, 0.1) is 0 Å². The quantitative estimate of drug-likeness (QED) is 0.783. The van der Waals surface area contributed by atoms with Crippen LogP contribution in [-0.4, -0.2) is 17.5 Å². The number of nitrogen functional groups attached to an aromatic ring is 1. The van der Waals surface area contributed by atoms with Gasteiger partial charge in [0.2, 0.25) is 0 Å². The number of hydrogen-bond acceptors (Lipinski definition) is 2. The molecule has 1 unspecified atom stereocenters. The molecule has 0 radical (unpaired) electrons. The minimum atomic E-state index is 0.669. The Morgan fingerprint density at radius 2 is 2.33 bits per heavy atom. The van der Waals surface area contributed by atoms with Crippen LogP contribution in [0.3, 0.4) is 0 Å². The lowest BCUT2D eigenvalue weighted by Crippen LogP contribution is -2.26. The van der Waals surface area contributed by atoms with Gasteiger partial charge in [-0.15, -0.1) is 0 Å². The van der Waals surface area contributed by atoms with Crippen LogP contribution in [0.15, 0.2) is 18.2 Å². The molecular formula is C12H17ClN2. The Kier molecular flexibility index (Phi) is 3.17. The Balaban J connectivity index is 2.12. The van der Waals surface area contributed by atoms with E-state index in [2.05, 4.69) is 11.8 Å². The first-order chi connectivity index (χ1) is 7.16. The summed E-state index contributed by atoms with van der Waals surface area (Å²) in [7, 11) is 0. The number of nitrogens with zero attached hydrogens (tertiary/aromatic N) is 1. The second-order valence-electron chi connectivity index (χ2n) is 4.31. The van der Waals surface area contributed by atoms with Crippen molar-refractivity contribution in [1.29, 1.82) is 0 Å². The summed E-state index contributed by atoms with van der Waals surface area (Å²) in [5.74, 6) is 0. The van der Waals surface area contributed by atoms with Crippen LogP contribution in [0.4, 0.5) is 5.69 Å². The van der Waals surface area contributed by atoms with E-state index in [9.17, 15) is 0 Å². The Labute approximate surface area is 96.0 Å². The fourth-order valence-electron chi connectivity index (χ4n) is 2.16. The number of rotatable bonds is 2. The number of nitrogens with two attached hydrogens (primary N) is 1. The van der Waals surface area contributed by atoms with Gasteiger partial charge in [0, 0.05) is 23.3 Å². The third-order valence-corrected chi connectivity index (χ3v) is 3.50. The van der Waals surface area contributed by atoms with E-state index in [0.29, 0.717) is 6.04 Å². The third-order valence-electron chi connectivity index (χ3n) is 3.13. The second kappa shape index (κ2) is 4.42. The Hall–Kier alpha value is -0.730. The highest BCUT2D eigenvalue weighted by atomic mass is 35.5. The van der Waals surface area contributed by atoms with Crippen molar-refractivity contribution >= 4 is 17.3 Å². The summed E-state index contributed by atoms with van der Waals surface area (Å²) in [6.07, 6.45) is 2.58. The summed E-state index contributed by atoms with van der Waals surface area (Å²) in [4.78, 5) is 2.46. The van der Waals surface area contributed by atoms with Gasteiger partial charge in [-0.3, -0.25) is 4.90 Å². The maximum atomic E-state index is 6.14. The van der Waals surface area contributed by atoms with E-state index in [4.69, 9.17) is 17.3 Å². The number of hydrogen-bond donors (Lipinski definition) is 1. The van der Waals surface area contributed by atoms with Crippen LogP contribution in [0.2, 0.25) is 5.02 Å². The van der Waals surface area contributed by atoms with Gasteiger partial charge in [-0.25, -0.2) is 0 Å². The molecule has 2 N–H and O–H groups in total. The number of benzene rings is 1. The van der Waals surface area contributed by atoms with Crippen molar-refractivity contribution in [1.82, 2.24) is 4.90 Å². The topological polar surface area (TPSA) is 29.3 Å². The summed E-state index contributed by atoms with van der Waals surface area (Å²) < 4.78 is 0. The predicted molar refractivity (Wildman–Crippen MR) is 65.0 cm³/mol. The summed E-state index contributed by atoms with van der Waals surface area (Å²) in [5.41, 5.74) is 7.70. The molecule has 0 saturated carbocycles. The van der Waals surface area contributed by atoms with E-state index in [1.165, 1.54) is 19.4 Å². The lowest BCUT2D eigenvalue weighted by Gasteiger charge is -2.21. The van der Waals surface area contributed by atoms with Crippen molar-refractivity contribution in [2.45, 2.75) is 32.4 Å². The molecule has 1 saturated heterocycles. The van der Waals surface area contributed by atoms with Crippen molar-refractivity contribution in [2.24, 2.45) is 0 Å². The third kappa shape index (κ3) is 2.44. The van der Waals surface area contributed by atoms with Gasteiger partial charge in [0.25, 0.3) is 0 Å². The van der Waals surface area contributed by atoms with Gasteiger partial charge in [0.15, 0.2) is 0 Å². The Morgan fingerprint density at radius 1 is 1.53 bits per heavy atom. The highest BCUT2D eigenvalue weighted by molar-refractivity contribution is 6.31. The molecule has 1 heterocycles. The zero-order valence-electron chi connectivity index (χ0n) is 9.04. The van der Waals surface area contributed by atoms with Crippen LogP contribution in [0, 0.1) is 0 Å². The average molecular weight is 225 g/mol. The number of halogens is 1. The molecule has 0 aromatic heterocycles. The summed E-state index contributed by atoms with van der Waals surface area (Å²) in [6.45, 7) is 4.37. The minimum Gasteiger partial charge on any atom is -0.399 e. The molecule has 3 heteroatoms. The van der Waals surface area contributed by atoms with Crippen LogP contribution in [0.5, 0.6) is 0 Å². The maximum Gasteiger partial charge on any atom is 0.0452 e. The van der Waals surface area contributed by atoms with E-state index in [1.54, 1.807) is 0 Å². The molecule has 1 aromatic rings. The molecule has 82 valence electrons. The lowest BCUT2D eigenvalue weighted by molar-refractivity contribution is 0.260. The molecule has 0 bridgehead atoms. The Morgan fingerprint density at radius 3 is 3.00 bits per heavy atom. The zero-order valence-corrected chi connectivity index (χ0v) is 9.80. The molecule has 1 fully saturated rings. The molecular weight excluding hydrogens is 208 g/mol. The van der Waals surface area contributed by atoms with Crippen LogP contribution in [-0.2, 0) is 6.54 Å². The largest absolute Gasteiger partial charge is 0.399 e. The SMILES string of the molecule is CC1CCCN1Cc1cc(N)ccc1Cl. The van der Waals surface area contributed by atoms with Crippen LogP contribution in [0.25, 0.3) is 0 Å². The number of anilines is 1. The van der Waals surface area contributed by atoms with Gasteiger partial charge < -0.3 is 5.73 Å². The molecule has 0 amide bonds. The molecule has 1 atom stereocenters. The van der Waals surface area contributed by atoms with E-state index < -0.39 is 0 Å². The van der Waals surface area contributed by atoms with E-state index in [0.717, 1.165) is 22.8 Å². The molecule has 1 aliphatic rings. The van der Waals surface area contributed by atoms with E-state index in [1.807, 2.05) is 18.2 Å². The highest BCUT2D eigenvalue weighted by Gasteiger charge is 2.20.